The normalized spacial score (nSPS) is 14.0. The summed E-state index contributed by atoms with van der Waals surface area (Å²) in [4.78, 5) is 34.8. The summed E-state index contributed by atoms with van der Waals surface area (Å²) in [7, 11) is 1.34. The summed E-state index contributed by atoms with van der Waals surface area (Å²) in [6.07, 6.45) is 3.22. The molecule has 1 aliphatic rings. The molecule has 1 N–H and O–H groups in total. The molecule has 136 valence electrons. The summed E-state index contributed by atoms with van der Waals surface area (Å²) < 4.78 is 4.74. The number of methoxy groups -OCH3 is 1. The Balaban J connectivity index is 1.81. The molecule has 0 bridgehead atoms. The molecule has 1 aliphatic heterocycles. The Kier molecular flexibility index (Phi) is 5.46. The van der Waals surface area contributed by atoms with Crippen molar-refractivity contribution in [3.63, 3.8) is 0 Å². The van der Waals surface area contributed by atoms with Crippen LogP contribution in [0.15, 0.2) is 30.3 Å². The summed E-state index contributed by atoms with van der Waals surface area (Å²) in [5.74, 6) is 0.550. The fourth-order valence-electron chi connectivity index (χ4n) is 2.99. The van der Waals surface area contributed by atoms with Crippen LogP contribution in [-0.4, -0.2) is 46.9 Å². The Morgan fingerprint density at radius 1 is 1.12 bits per heavy atom. The number of esters is 1. The maximum Gasteiger partial charge on any atom is 0.337 e. The number of rotatable bonds is 4. The van der Waals surface area contributed by atoms with Gasteiger partial charge in [-0.25, -0.2) is 14.8 Å². The van der Waals surface area contributed by atoms with Gasteiger partial charge < -0.3 is 15.0 Å². The average molecular weight is 354 g/mol. The van der Waals surface area contributed by atoms with E-state index in [1.54, 1.807) is 31.2 Å². The lowest BCUT2D eigenvalue weighted by molar-refractivity contribution is 0.0600. The number of carbonyl (C=O) groups is 2. The van der Waals surface area contributed by atoms with Crippen LogP contribution in [0.5, 0.6) is 0 Å². The SMILES string of the molecule is COC(=O)c1cccc(Nc2cc(C(=O)N3CCCCC3)nc(C)n2)c1. The monoisotopic (exact) mass is 354 g/mol. The lowest BCUT2D eigenvalue weighted by atomic mass is 10.1. The van der Waals surface area contributed by atoms with Gasteiger partial charge in [-0.15, -0.1) is 0 Å². The second kappa shape index (κ2) is 7.95. The number of anilines is 2. The van der Waals surface area contributed by atoms with E-state index in [4.69, 9.17) is 4.74 Å². The van der Waals surface area contributed by atoms with Gasteiger partial charge >= 0.3 is 5.97 Å². The molecule has 0 atom stereocenters. The van der Waals surface area contributed by atoms with Gasteiger partial charge in [0.05, 0.1) is 12.7 Å². The van der Waals surface area contributed by atoms with Crippen molar-refractivity contribution in [3.05, 3.63) is 47.4 Å². The number of hydrogen-bond donors (Lipinski definition) is 1. The van der Waals surface area contributed by atoms with Crippen LogP contribution in [0.25, 0.3) is 0 Å². The van der Waals surface area contributed by atoms with Gasteiger partial charge in [0.25, 0.3) is 5.91 Å². The first kappa shape index (κ1) is 17.8. The largest absolute Gasteiger partial charge is 0.465 e. The second-order valence-corrected chi connectivity index (χ2v) is 6.24. The van der Waals surface area contributed by atoms with E-state index in [0.29, 0.717) is 28.6 Å². The van der Waals surface area contributed by atoms with Crippen molar-refractivity contribution in [2.75, 3.05) is 25.5 Å². The number of piperidine rings is 1. The van der Waals surface area contributed by atoms with Crippen molar-refractivity contribution in [1.82, 2.24) is 14.9 Å². The van der Waals surface area contributed by atoms with Crippen molar-refractivity contribution in [2.24, 2.45) is 0 Å². The van der Waals surface area contributed by atoms with Gasteiger partial charge in [-0.05, 0) is 44.4 Å². The van der Waals surface area contributed by atoms with Crippen molar-refractivity contribution in [3.8, 4) is 0 Å². The quantitative estimate of drug-likeness (QED) is 0.850. The zero-order valence-electron chi connectivity index (χ0n) is 15.0. The number of carbonyl (C=O) groups excluding carboxylic acids is 2. The molecule has 7 nitrogen and oxygen atoms in total. The minimum atomic E-state index is -0.409. The van der Waals surface area contributed by atoms with Crippen LogP contribution in [0.3, 0.4) is 0 Å². The van der Waals surface area contributed by atoms with Crippen LogP contribution >= 0.6 is 0 Å². The number of likely N-dealkylation sites (tertiary alicyclic amines) is 1. The highest BCUT2D eigenvalue weighted by atomic mass is 16.5. The molecule has 7 heteroatoms. The molecule has 1 amide bonds. The smallest absolute Gasteiger partial charge is 0.337 e. The third kappa shape index (κ3) is 4.17. The maximum atomic E-state index is 12.7. The molecule has 0 spiro atoms. The molecule has 1 saturated heterocycles. The fraction of sp³-hybridized carbons (Fsp3) is 0.368. The lowest BCUT2D eigenvalue weighted by Gasteiger charge is -2.26. The lowest BCUT2D eigenvalue weighted by Crippen LogP contribution is -2.36. The minimum Gasteiger partial charge on any atom is -0.465 e. The highest BCUT2D eigenvalue weighted by molar-refractivity contribution is 5.93. The van der Waals surface area contributed by atoms with E-state index in [9.17, 15) is 9.59 Å². The molecule has 1 aromatic carbocycles. The number of aromatic nitrogens is 2. The molecule has 2 aromatic rings. The standard InChI is InChI=1S/C19H22N4O3/c1-13-20-16(18(24)23-9-4-3-5-10-23)12-17(21-13)22-15-8-6-7-14(11-15)19(25)26-2/h6-8,11-12H,3-5,9-10H2,1-2H3,(H,20,21,22). The maximum absolute atomic E-state index is 12.7. The number of ether oxygens (including phenoxy) is 1. The number of benzene rings is 1. The molecule has 0 aliphatic carbocycles. The topological polar surface area (TPSA) is 84.4 Å². The first-order chi connectivity index (χ1) is 12.6. The zero-order valence-corrected chi connectivity index (χ0v) is 15.0. The molecular formula is C19H22N4O3. The molecule has 1 aromatic heterocycles. The number of aryl methyl sites for hydroxylation is 1. The van der Waals surface area contributed by atoms with Crippen LogP contribution in [0.2, 0.25) is 0 Å². The summed E-state index contributed by atoms with van der Waals surface area (Å²) in [5, 5.41) is 3.13. The number of nitrogens with zero attached hydrogens (tertiary/aromatic N) is 3. The Bertz CT molecular complexity index is 816. The van der Waals surface area contributed by atoms with Gasteiger partial charge in [0.2, 0.25) is 0 Å². The van der Waals surface area contributed by atoms with Gasteiger partial charge in [-0.3, -0.25) is 4.79 Å². The highest BCUT2D eigenvalue weighted by Gasteiger charge is 2.20. The van der Waals surface area contributed by atoms with Crippen LogP contribution in [-0.2, 0) is 4.74 Å². The van der Waals surface area contributed by atoms with Gasteiger partial charge in [0, 0.05) is 24.8 Å². The predicted octanol–water partition coefficient (Wildman–Crippen LogP) is 2.94. The second-order valence-electron chi connectivity index (χ2n) is 6.24. The number of hydrogen-bond acceptors (Lipinski definition) is 6. The Morgan fingerprint density at radius 2 is 1.88 bits per heavy atom. The fourth-order valence-corrected chi connectivity index (χ4v) is 2.99. The Hall–Kier alpha value is -2.96. The van der Waals surface area contributed by atoms with Gasteiger partial charge in [-0.1, -0.05) is 6.07 Å². The van der Waals surface area contributed by atoms with E-state index in [1.165, 1.54) is 7.11 Å². The minimum absolute atomic E-state index is 0.0680. The van der Waals surface area contributed by atoms with E-state index in [2.05, 4.69) is 15.3 Å². The summed E-state index contributed by atoms with van der Waals surface area (Å²) in [6, 6.07) is 8.57. The molecule has 0 unspecified atom stereocenters. The summed E-state index contributed by atoms with van der Waals surface area (Å²) in [6.45, 7) is 3.29. The van der Waals surface area contributed by atoms with Crippen molar-refractivity contribution in [1.29, 1.82) is 0 Å². The van der Waals surface area contributed by atoms with Crippen LogP contribution in [0, 0.1) is 6.92 Å². The van der Waals surface area contributed by atoms with Crippen LogP contribution in [0.1, 0.15) is 45.9 Å². The molecule has 1 fully saturated rings. The highest BCUT2D eigenvalue weighted by Crippen LogP contribution is 2.19. The molecule has 0 saturated carbocycles. The molecule has 2 heterocycles. The van der Waals surface area contributed by atoms with Gasteiger partial charge in [0.15, 0.2) is 0 Å². The third-order valence-electron chi connectivity index (χ3n) is 4.26. The number of amides is 1. The van der Waals surface area contributed by atoms with Crippen LogP contribution in [0.4, 0.5) is 11.5 Å². The average Bonchev–Trinajstić information content (AvgIpc) is 2.67. The Morgan fingerprint density at radius 3 is 2.62 bits per heavy atom. The van der Waals surface area contributed by atoms with Crippen molar-refractivity contribution < 1.29 is 14.3 Å². The van der Waals surface area contributed by atoms with E-state index < -0.39 is 5.97 Å². The van der Waals surface area contributed by atoms with E-state index >= 15 is 0 Å². The van der Waals surface area contributed by atoms with E-state index in [-0.39, 0.29) is 5.91 Å². The molecule has 3 rings (SSSR count). The van der Waals surface area contributed by atoms with E-state index in [1.807, 2.05) is 11.0 Å². The van der Waals surface area contributed by atoms with Gasteiger partial charge in [-0.2, -0.15) is 0 Å². The van der Waals surface area contributed by atoms with Crippen molar-refractivity contribution in [2.45, 2.75) is 26.2 Å². The van der Waals surface area contributed by atoms with Gasteiger partial charge in [0.1, 0.15) is 17.3 Å². The van der Waals surface area contributed by atoms with Crippen molar-refractivity contribution >= 4 is 23.4 Å². The van der Waals surface area contributed by atoms with Crippen LogP contribution < -0.4 is 5.32 Å². The zero-order chi connectivity index (χ0) is 18.5. The predicted molar refractivity (Wildman–Crippen MR) is 97.6 cm³/mol. The molecule has 0 radical (unpaired) electrons. The summed E-state index contributed by atoms with van der Waals surface area (Å²) in [5.41, 5.74) is 1.50. The summed E-state index contributed by atoms with van der Waals surface area (Å²) >= 11 is 0. The third-order valence-corrected chi connectivity index (χ3v) is 4.26. The molecule has 26 heavy (non-hydrogen) atoms. The Labute approximate surface area is 152 Å². The molecular weight excluding hydrogens is 332 g/mol. The first-order valence-corrected chi connectivity index (χ1v) is 8.67. The number of nitrogens with one attached hydrogen (secondary N) is 1. The first-order valence-electron chi connectivity index (χ1n) is 8.67. The van der Waals surface area contributed by atoms with E-state index in [0.717, 1.165) is 32.4 Å².